The van der Waals surface area contributed by atoms with Gasteiger partial charge in [-0.2, -0.15) is 0 Å². The van der Waals surface area contributed by atoms with E-state index in [2.05, 4.69) is 12.2 Å². The monoisotopic (exact) mass is 409 g/mol. The predicted molar refractivity (Wildman–Crippen MR) is 54.0 cm³/mol. The van der Waals surface area contributed by atoms with Crippen molar-refractivity contribution in [3.8, 4) is 0 Å². The Labute approximate surface area is 102 Å². The summed E-state index contributed by atoms with van der Waals surface area (Å²) >= 11 is -1.15. The zero-order valence-electron chi connectivity index (χ0n) is 9.01. The van der Waals surface area contributed by atoms with Crippen LogP contribution in [0.3, 0.4) is 0 Å². The van der Waals surface area contributed by atoms with Gasteiger partial charge >= 0.3 is 102 Å². The molecule has 0 aromatic heterocycles. The molecule has 0 spiro atoms. The maximum atomic E-state index is 11.2. The fraction of sp³-hybridized carbons (Fsp3) is 0.889. The zero-order chi connectivity index (χ0) is 10.8. The first kappa shape index (κ1) is 14.7. The van der Waals surface area contributed by atoms with Gasteiger partial charge in [-0.15, -0.1) is 0 Å². The van der Waals surface area contributed by atoms with Gasteiger partial charge < -0.3 is 0 Å². The molecule has 0 aromatic carbocycles. The average molecular weight is 408 g/mol. The van der Waals surface area contributed by atoms with E-state index in [1.54, 1.807) is 7.11 Å². The van der Waals surface area contributed by atoms with Crippen LogP contribution in [0.1, 0.15) is 26.2 Å². The van der Waals surface area contributed by atoms with Crippen LogP contribution in [0.15, 0.2) is 0 Å². The van der Waals surface area contributed by atoms with E-state index in [4.69, 9.17) is 13.0 Å². The summed E-state index contributed by atoms with van der Waals surface area (Å²) in [4.78, 5) is 11.2. The summed E-state index contributed by atoms with van der Waals surface area (Å²) in [5.74, 6) is 0.125. The number of halogens is 1. The Morgan fingerprint density at radius 3 is 2.86 bits per heavy atom. The first-order valence-corrected chi connectivity index (χ1v) is 15.8. The molecular formula is C9H18ClHgNO2. The maximum absolute atomic E-state index is 11.2. The van der Waals surface area contributed by atoms with Crippen LogP contribution >= 0.6 is 8.25 Å². The van der Waals surface area contributed by atoms with E-state index in [0.29, 0.717) is 13.0 Å². The van der Waals surface area contributed by atoms with Crippen molar-refractivity contribution in [2.24, 2.45) is 0 Å². The van der Waals surface area contributed by atoms with E-state index < -0.39 is 23.3 Å². The molecule has 1 N–H and O–H groups in total. The van der Waals surface area contributed by atoms with Crippen molar-refractivity contribution < 1.29 is 32.9 Å². The minimum absolute atomic E-state index is 0.125. The molecule has 0 aliphatic heterocycles. The van der Waals surface area contributed by atoms with Gasteiger partial charge in [0.05, 0.1) is 0 Å². The molecule has 0 aliphatic carbocycles. The molecule has 1 atom stereocenters. The second-order valence-electron chi connectivity index (χ2n) is 3.24. The Bertz CT molecular complexity index is 158. The summed E-state index contributed by atoms with van der Waals surface area (Å²) in [6.07, 6.45) is 2.77. The summed E-state index contributed by atoms with van der Waals surface area (Å²) in [5.41, 5.74) is 0. The van der Waals surface area contributed by atoms with Crippen LogP contribution < -0.4 is 5.32 Å². The summed E-state index contributed by atoms with van der Waals surface area (Å²) in [7, 11) is 7.47. The molecule has 0 aliphatic rings. The molecule has 0 saturated carbocycles. The summed E-state index contributed by atoms with van der Waals surface area (Å²) in [5, 5.41) is 2.87. The van der Waals surface area contributed by atoms with Crippen molar-refractivity contribution in [2.45, 2.75) is 36.2 Å². The fourth-order valence-corrected chi connectivity index (χ4v) is 5.87. The number of methoxy groups -OCH3 is 1. The van der Waals surface area contributed by atoms with E-state index in [1.807, 2.05) is 0 Å². The molecule has 1 unspecified atom stereocenters. The summed E-state index contributed by atoms with van der Waals surface area (Å²) < 4.78 is 6.19. The number of hydrogen-bond acceptors (Lipinski definition) is 2. The van der Waals surface area contributed by atoms with Gasteiger partial charge in [0.2, 0.25) is 0 Å². The Balaban J connectivity index is 3.52. The van der Waals surface area contributed by atoms with Crippen LogP contribution in [0.25, 0.3) is 0 Å². The summed E-state index contributed by atoms with van der Waals surface area (Å²) in [6, 6.07) is 0. The van der Waals surface area contributed by atoms with Gasteiger partial charge in [0.15, 0.2) is 0 Å². The Hall–Kier alpha value is 0.655. The van der Waals surface area contributed by atoms with Crippen molar-refractivity contribution in [2.75, 3.05) is 13.7 Å². The topological polar surface area (TPSA) is 38.3 Å². The molecule has 0 bridgehead atoms. The molecule has 0 fully saturated rings. The number of carbonyl (C=O) groups excluding carboxylic acids is 1. The molecule has 5 heteroatoms. The quantitative estimate of drug-likeness (QED) is 0.624. The molecule has 0 rings (SSSR count). The van der Waals surface area contributed by atoms with Crippen LogP contribution in [-0.4, -0.2) is 25.7 Å². The molecule has 0 saturated heterocycles. The number of amides is 1. The van der Waals surface area contributed by atoms with Gasteiger partial charge in [0.1, 0.15) is 0 Å². The predicted octanol–water partition coefficient (Wildman–Crippen LogP) is 1.96. The van der Waals surface area contributed by atoms with Crippen LogP contribution in [0.2, 0.25) is 3.93 Å². The standard InChI is InChI=1S/C9H18NO2.ClH.Hg/c1-4-5-6-9(11)10-7-8(2)12-3;;/h8H,2,4-7H2,1,3H3,(H,10,11);1H;/q;;+1/p-1. The first-order valence-electron chi connectivity index (χ1n) is 5.10. The van der Waals surface area contributed by atoms with Gasteiger partial charge in [-0.25, -0.2) is 0 Å². The second-order valence-corrected chi connectivity index (χ2v) is 10.3. The fourth-order valence-electron chi connectivity index (χ4n) is 1.08. The molecule has 80 valence electrons. The van der Waals surface area contributed by atoms with Gasteiger partial charge in [-0.05, 0) is 0 Å². The first-order chi connectivity index (χ1) is 6.74. The van der Waals surface area contributed by atoms with Crippen molar-refractivity contribution in [3.05, 3.63) is 0 Å². The Morgan fingerprint density at radius 2 is 2.36 bits per heavy atom. The molecule has 3 nitrogen and oxygen atoms in total. The van der Waals surface area contributed by atoms with E-state index >= 15 is 0 Å². The number of rotatable bonds is 8. The number of ether oxygens (including phenoxy) is 1. The van der Waals surface area contributed by atoms with Crippen LogP contribution in [0, 0.1) is 0 Å². The second kappa shape index (κ2) is 10.2. The van der Waals surface area contributed by atoms with E-state index in [1.165, 1.54) is 0 Å². The Morgan fingerprint density at radius 1 is 1.64 bits per heavy atom. The number of unbranched alkanes of at least 4 members (excludes halogenated alkanes) is 1. The molecule has 0 radical (unpaired) electrons. The van der Waals surface area contributed by atoms with Crippen molar-refractivity contribution >= 4 is 14.2 Å². The third-order valence-electron chi connectivity index (χ3n) is 2.05. The van der Waals surface area contributed by atoms with Gasteiger partial charge in [-0.3, -0.25) is 0 Å². The van der Waals surface area contributed by atoms with Crippen molar-refractivity contribution in [1.82, 2.24) is 5.32 Å². The van der Waals surface area contributed by atoms with E-state index in [-0.39, 0.29) is 12.0 Å². The van der Waals surface area contributed by atoms with Crippen LogP contribution in [0.5, 0.6) is 0 Å². The molecule has 1 amide bonds. The van der Waals surface area contributed by atoms with Crippen molar-refractivity contribution in [3.63, 3.8) is 0 Å². The minimum atomic E-state index is -1.15. The van der Waals surface area contributed by atoms with E-state index in [9.17, 15) is 4.79 Å². The summed E-state index contributed by atoms with van der Waals surface area (Å²) in [6.45, 7) is 2.69. The number of hydrogen-bond donors (Lipinski definition) is 1. The van der Waals surface area contributed by atoms with Crippen LogP contribution in [0.4, 0.5) is 0 Å². The third-order valence-corrected chi connectivity index (χ3v) is 7.32. The average Bonchev–Trinajstić information content (AvgIpc) is 2.21. The van der Waals surface area contributed by atoms with Crippen LogP contribution in [-0.2, 0) is 32.9 Å². The van der Waals surface area contributed by atoms with E-state index in [0.717, 1.165) is 16.8 Å². The normalized spacial score (nSPS) is 11.9. The van der Waals surface area contributed by atoms with Gasteiger partial charge in [-0.1, -0.05) is 0 Å². The molecular weight excluding hydrogens is 390 g/mol. The SMILES string of the molecule is CCCCC(=O)NCC([CH2][Hg][Cl])OC. The third kappa shape index (κ3) is 8.00. The van der Waals surface area contributed by atoms with Gasteiger partial charge in [0.25, 0.3) is 0 Å². The van der Waals surface area contributed by atoms with Gasteiger partial charge in [0, 0.05) is 0 Å². The number of carbonyl (C=O) groups is 1. The molecule has 14 heavy (non-hydrogen) atoms. The zero-order valence-corrected chi connectivity index (χ0v) is 15.3. The Kier molecular flexibility index (Phi) is 10.7. The molecule has 0 heterocycles. The molecule has 0 aromatic rings. The van der Waals surface area contributed by atoms with Crippen molar-refractivity contribution in [1.29, 1.82) is 0 Å². The number of nitrogens with one attached hydrogen (secondary N) is 1.